The molecule has 3 aromatic rings. The Bertz CT molecular complexity index is 891. The molecule has 4 nitrogen and oxygen atoms in total. The van der Waals surface area contributed by atoms with Crippen molar-refractivity contribution in [3.05, 3.63) is 77.7 Å². The molecule has 3 rings (SSSR count). The minimum Gasteiger partial charge on any atom is -0.455 e. The molecule has 0 aliphatic heterocycles. The van der Waals surface area contributed by atoms with Gasteiger partial charge in [0.05, 0.1) is 0 Å². The van der Waals surface area contributed by atoms with Gasteiger partial charge in [0.15, 0.2) is 5.69 Å². The highest BCUT2D eigenvalue weighted by Gasteiger charge is 2.27. The van der Waals surface area contributed by atoms with Crippen molar-refractivity contribution in [1.82, 2.24) is 9.55 Å². The van der Waals surface area contributed by atoms with E-state index in [0.717, 1.165) is 17.0 Å². The van der Waals surface area contributed by atoms with E-state index in [0.29, 0.717) is 17.9 Å². The Balaban J connectivity index is 2.11. The topological polar surface area (TPSA) is 44.1 Å². The number of hydrogen-bond acceptors (Lipinski definition) is 3. The molecular weight excluding hydrogens is 324 g/mol. The number of benzene rings is 2. The fraction of sp³-hybridized carbons (Fsp3) is 0.273. The second kappa shape index (κ2) is 7.16. The van der Waals surface area contributed by atoms with Crippen molar-refractivity contribution in [2.24, 2.45) is 0 Å². The van der Waals surface area contributed by atoms with Crippen molar-refractivity contribution in [1.29, 1.82) is 0 Å². The Hall–Kier alpha value is -2.88. The van der Waals surface area contributed by atoms with E-state index in [-0.39, 0.29) is 5.97 Å². The molecule has 0 aliphatic rings. The third-order valence-electron chi connectivity index (χ3n) is 3.98. The molecule has 0 spiro atoms. The van der Waals surface area contributed by atoms with Gasteiger partial charge >= 0.3 is 5.97 Å². The summed E-state index contributed by atoms with van der Waals surface area (Å²) in [5.74, 6) is 0.432. The van der Waals surface area contributed by atoms with E-state index in [1.54, 1.807) is 0 Å². The zero-order valence-corrected chi connectivity index (χ0v) is 15.7. The first-order valence-corrected chi connectivity index (χ1v) is 8.75. The minimum atomic E-state index is -0.569. The number of carbonyl (C=O) groups excluding carboxylic acids is 1. The number of ether oxygens (including phenoxy) is 1. The standard InChI is InChI=1S/C22H24N2O2/c1-16-23-19(18-13-9-6-10-14-18)20(21(25)26-22(2,3)4)24(16)15-17-11-7-5-8-12-17/h5-14H,15H2,1-4H3. The predicted octanol–water partition coefficient (Wildman–Crippen LogP) is 4.86. The van der Waals surface area contributed by atoms with Crippen molar-refractivity contribution in [2.75, 3.05) is 0 Å². The molecule has 4 heteroatoms. The summed E-state index contributed by atoms with van der Waals surface area (Å²) in [5, 5.41) is 0. The summed E-state index contributed by atoms with van der Waals surface area (Å²) in [5.41, 5.74) is 2.60. The lowest BCUT2D eigenvalue weighted by Crippen LogP contribution is -2.26. The highest BCUT2D eigenvalue weighted by molar-refractivity contribution is 5.95. The van der Waals surface area contributed by atoms with Gasteiger partial charge in [0.2, 0.25) is 0 Å². The summed E-state index contributed by atoms with van der Waals surface area (Å²) in [6, 6.07) is 19.8. The molecule has 1 heterocycles. The molecule has 0 atom stereocenters. The van der Waals surface area contributed by atoms with Crippen LogP contribution in [0.5, 0.6) is 0 Å². The second-order valence-corrected chi connectivity index (χ2v) is 7.30. The van der Waals surface area contributed by atoms with Crippen LogP contribution in [-0.4, -0.2) is 21.1 Å². The molecule has 0 fully saturated rings. The Morgan fingerprint density at radius 1 is 1.00 bits per heavy atom. The van der Waals surface area contributed by atoms with Crippen LogP contribution in [0.1, 0.15) is 42.6 Å². The van der Waals surface area contributed by atoms with Gasteiger partial charge in [-0.05, 0) is 33.3 Å². The summed E-state index contributed by atoms with van der Waals surface area (Å²) < 4.78 is 7.61. The van der Waals surface area contributed by atoms with Crippen LogP contribution in [0.15, 0.2) is 60.7 Å². The number of esters is 1. The highest BCUT2D eigenvalue weighted by atomic mass is 16.6. The lowest BCUT2D eigenvalue weighted by atomic mass is 10.1. The lowest BCUT2D eigenvalue weighted by molar-refractivity contribution is 0.00589. The fourth-order valence-corrected chi connectivity index (χ4v) is 2.85. The van der Waals surface area contributed by atoms with Crippen LogP contribution in [0.2, 0.25) is 0 Å². The van der Waals surface area contributed by atoms with E-state index >= 15 is 0 Å². The maximum absolute atomic E-state index is 13.0. The summed E-state index contributed by atoms with van der Waals surface area (Å²) in [6.45, 7) is 8.11. The quantitative estimate of drug-likeness (QED) is 0.632. The number of hydrogen-bond donors (Lipinski definition) is 0. The first-order valence-electron chi connectivity index (χ1n) is 8.75. The van der Waals surface area contributed by atoms with Crippen LogP contribution in [0.3, 0.4) is 0 Å². The lowest BCUT2D eigenvalue weighted by Gasteiger charge is -2.20. The van der Waals surface area contributed by atoms with Gasteiger partial charge in [-0.25, -0.2) is 9.78 Å². The fourth-order valence-electron chi connectivity index (χ4n) is 2.85. The van der Waals surface area contributed by atoms with Crippen LogP contribution in [0, 0.1) is 6.92 Å². The highest BCUT2D eigenvalue weighted by Crippen LogP contribution is 2.27. The zero-order valence-electron chi connectivity index (χ0n) is 15.7. The van der Waals surface area contributed by atoms with E-state index in [4.69, 9.17) is 9.72 Å². The molecule has 0 saturated heterocycles. The zero-order chi connectivity index (χ0) is 18.7. The predicted molar refractivity (Wildman–Crippen MR) is 103 cm³/mol. The Morgan fingerprint density at radius 2 is 1.58 bits per heavy atom. The van der Waals surface area contributed by atoms with E-state index in [1.165, 1.54) is 0 Å². The summed E-state index contributed by atoms with van der Waals surface area (Å²) >= 11 is 0. The summed E-state index contributed by atoms with van der Waals surface area (Å²) in [4.78, 5) is 17.7. The molecule has 2 aromatic carbocycles. The normalized spacial score (nSPS) is 11.4. The number of nitrogens with zero attached hydrogens (tertiary/aromatic N) is 2. The first kappa shape index (κ1) is 17.9. The van der Waals surface area contributed by atoms with Crippen LogP contribution in [0.4, 0.5) is 0 Å². The molecule has 134 valence electrons. The molecule has 0 amide bonds. The average molecular weight is 348 g/mol. The summed E-state index contributed by atoms with van der Waals surface area (Å²) in [7, 11) is 0. The van der Waals surface area contributed by atoms with Crippen LogP contribution in [-0.2, 0) is 11.3 Å². The second-order valence-electron chi connectivity index (χ2n) is 7.30. The molecule has 0 radical (unpaired) electrons. The maximum Gasteiger partial charge on any atom is 0.357 e. The van der Waals surface area contributed by atoms with E-state index in [1.807, 2.05) is 92.9 Å². The molecule has 0 unspecified atom stereocenters. The Labute approximate surface area is 154 Å². The van der Waals surface area contributed by atoms with Gasteiger partial charge in [-0.3, -0.25) is 0 Å². The van der Waals surface area contributed by atoms with Crippen molar-refractivity contribution in [2.45, 2.75) is 39.8 Å². The Kier molecular flexibility index (Phi) is 4.94. The molecule has 0 saturated carbocycles. The molecule has 26 heavy (non-hydrogen) atoms. The monoisotopic (exact) mass is 348 g/mol. The van der Waals surface area contributed by atoms with Crippen molar-refractivity contribution < 1.29 is 9.53 Å². The largest absolute Gasteiger partial charge is 0.455 e. The van der Waals surface area contributed by atoms with Crippen LogP contribution < -0.4 is 0 Å². The smallest absolute Gasteiger partial charge is 0.357 e. The van der Waals surface area contributed by atoms with Crippen molar-refractivity contribution >= 4 is 5.97 Å². The van der Waals surface area contributed by atoms with Gasteiger partial charge in [0.25, 0.3) is 0 Å². The number of imidazole rings is 1. The van der Waals surface area contributed by atoms with Crippen LogP contribution in [0.25, 0.3) is 11.3 Å². The molecule has 0 aliphatic carbocycles. The summed E-state index contributed by atoms with van der Waals surface area (Å²) in [6.07, 6.45) is 0. The van der Waals surface area contributed by atoms with Gasteiger partial charge in [0, 0.05) is 12.1 Å². The van der Waals surface area contributed by atoms with E-state index in [2.05, 4.69) is 0 Å². The number of aromatic nitrogens is 2. The first-order chi connectivity index (χ1) is 12.3. The average Bonchev–Trinajstić information content (AvgIpc) is 2.92. The van der Waals surface area contributed by atoms with E-state index < -0.39 is 5.60 Å². The van der Waals surface area contributed by atoms with Gasteiger partial charge in [-0.2, -0.15) is 0 Å². The number of aryl methyl sites for hydroxylation is 1. The molecule has 0 N–H and O–H groups in total. The van der Waals surface area contributed by atoms with Gasteiger partial charge in [0.1, 0.15) is 17.1 Å². The third kappa shape index (κ3) is 4.02. The van der Waals surface area contributed by atoms with E-state index in [9.17, 15) is 4.79 Å². The number of carbonyl (C=O) groups is 1. The number of rotatable bonds is 4. The third-order valence-corrected chi connectivity index (χ3v) is 3.98. The maximum atomic E-state index is 13.0. The minimum absolute atomic E-state index is 0.354. The molecule has 1 aromatic heterocycles. The molecular formula is C22H24N2O2. The van der Waals surface area contributed by atoms with Gasteiger partial charge < -0.3 is 9.30 Å². The Morgan fingerprint density at radius 3 is 2.15 bits per heavy atom. The molecule has 0 bridgehead atoms. The SMILES string of the molecule is Cc1nc(-c2ccccc2)c(C(=O)OC(C)(C)C)n1Cc1ccccc1. The van der Waals surface area contributed by atoms with Crippen molar-refractivity contribution in [3.63, 3.8) is 0 Å². The van der Waals surface area contributed by atoms with Gasteiger partial charge in [-0.1, -0.05) is 60.7 Å². The van der Waals surface area contributed by atoms with Gasteiger partial charge in [-0.15, -0.1) is 0 Å². The van der Waals surface area contributed by atoms with Crippen LogP contribution >= 0.6 is 0 Å². The van der Waals surface area contributed by atoms with Crippen molar-refractivity contribution in [3.8, 4) is 11.3 Å².